The maximum atomic E-state index is 12.0. The number of anilines is 1. The zero-order chi connectivity index (χ0) is 15.9. The van der Waals surface area contributed by atoms with Crippen LogP contribution in [0.15, 0.2) is 18.3 Å². The van der Waals surface area contributed by atoms with Gasteiger partial charge in [0.05, 0.1) is 13.2 Å². The molecule has 3 heterocycles. The average molecular weight is 391 g/mol. The number of morpholine rings is 1. The Labute approximate surface area is 161 Å². The molecule has 2 aliphatic rings. The summed E-state index contributed by atoms with van der Waals surface area (Å²) in [6.07, 6.45) is 6.14. The number of hydrogen-bond acceptors (Lipinski definition) is 5. The largest absolute Gasteiger partial charge is 0.378 e. The molecule has 1 aromatic rings. The van der Waals surface area contributed by atoms with Crippen molar-refractivity contribution in [2.24, 2.45) is 0 Å². The van der Waals surface area contributed by atoms with E-state index >= 15 is 0 Å². The first-order chi connectivity index (χ1) is 11.3. The van der Waals surface area contributed by atoms with E-state index in [0.717, 1.165) is 37.6 Å². The summed E-state index contributed by atoms with van der Waals surface area (Å²) in [5, 5.41) is 6.25. The normalized spacial score (nSPS) is 20.2. The lowest BCUT2D eigenvalue weighted by Crippen LogP contribution is -2.44. The van der Waals surface area contributed by atoms with Crippen molar-refractivity contribution >= 4 is 36.5 Å². The highest BCUT2D eigenvalue weighted by Crippen LogP contribution is 2.17. The molecule has 0 aromatic carbocycles. The third-order valence-electron chi connectivity index (χ3n) is 4.41. The summed E-state index contributed by atoms with van der Waals surface area (Å²) in [6.45, 7) is 4.88. The van der Waals surface area contributed by atoms with Crippen LogP contribution in [0, 0.1) is 0 Å². The predicted molar refractivity (Wildman–Crippen MR) is 104 cm³/mol. The van der Waals surface area contributed by atoms with Gasteiger partial charge in [-0.25, -0.2) is 4.98 Å². The number of ether oxygens (including phenoxy) is 1. The van der Waals surface area contributed by atoms with Crippen molar-refractivity contribution < 1.29 is 9.53 Å². The fourth-order valence-electron chi connectivity index (χ4n) is 3.08. The maximum absolute atomic E-state index is 12.0. The molecular weight excluding hydrogens is 363 g/mol. The molecule has 1 unspecified atom stereocenters. The van der Waals surface area contributed by atoms with E-state index in [9.17, 15) is 4.79 Å². The molecule has 1 aromatic heterocycles. The van der Waals surface area contributed by atoms with Gasteiger partial charge in [-0.15, -0.1) is 24.8 Å². The molecule has 25 heavy (non-hydrogen) atoms. The number of carbonyl (C=O) groups excluding carboxylic acids is 1. The Hall–Kier alpha value is -1.08. The number of pyridine rings is 1. The minimum Gasteiger partial charge on any atom is -0.378 e. The molecule has 8 heteroatoms. The zero-order valence-electron chi connectivity index (χ0n) is 14.4. The lowest BCUT2D eigenvalue weighted by Gasteiger charge is -2.27. The van der Waals surface area contributed by atoms with Gasteiger partial charge in [-0.3, -0.25) is 4.79 Å². The number of rotatable bonds is 5. The van der Waals surface area contributed by atoms with Gasteiger partial charge >= 0.3 is 0 Å². The average Bonchev–Trinajstić information content (AvgIpc) is 2.62. The molecule has 3 rings (SSSR count). The van der Waals surface area contributed by atoms with Gasteiger partial charge in [0.1, 0.15) is 5.82 Å². The van der Waals surface area contributed by atoms with Gasteiger partial charge in [-0.1, -0.05) is 6.07 Å². The van der Waals surface area contributed by atoms with Crippen LogP contribution in [0.4, 0.5) is 5.82 Å². The van der Waals surface area contributed by atoms with Crippen LogP contribution in [0.3, 0.4) is 0 Å². The smallest absolute Gasteiger partial charge is 0.221 e. The molecule has 1 amide bonds. The molecule has 2 aliphatic heterocycles. The molecule has 142 valence electrons. The number of aromatic nitrogens is 1. The van der Waals surface area contributed by atoms with Crippen LogP contribution in [0.5, 0.6) is 0 Å². The van der Waals surface area contributed by atoms with Gasteiger partial charge in [0.25, 0.3) is 0 Å². The Morgan fingerprint density at radius 1 is 1.28 bits per heavy atom. The Kier molecular flexibility index (Phi) is 10.1. The predicted octanol–water partition coefficient (Wildman–Crippen LogP) is 1.91. The summed E-state index contributed by atoms with van der Waals surface area (Å²) in [5.41, 5.74) is 1.03. The molecule has 2 saturated heterocycles. The van der Waals surface area contributed by atoms with Crippen molar-refractivity contribution in [2.45, 2.75) is 38.3 Å². The highest BCUT2D eigenvalue weighted by Gasteiger charge is 2.16. The molecule has 2 fully saturated rings. The van der Waals surface area contributed by atoms with Crippen LogP contribution in [0.25, 0.3) is 0 Å². The van der Waals surface area contributed by atoms with Gasteiger partial charge in [0, 0.05) is 44.8 Å². The number of carbonyl (C=O) groups is 1. The molecule has 0 bridgehead atoms. The highest BCUT2D eigenvalue weighted by atomic mass is 35.5. The Morgan fingerprint density at radius 3 is 2.72 bits per heavy atom. The Bertz CT molecular complexity index is 504. The van der Waals surface area contributed by atoms with Crippen LogP contribution in [-0.4, -0.2) is 49.8 Å². The Balaban J connectivity index is 0.00000156. The molecule has 6 nitrogen and oxygen atoms in total. The van der Waals surface area contributed by atoms with Gasteiger partial charge in [-0.05, 0) is 30.9 Å². The van der Waals surface area contributed by atoms with E-state index in [2.05, 4.69) is 32.7 Å². The van der Waals surface area contributed by atoms with Crippen molar-refractivity contribution in [1.29, 1.82) is 0 Å². The standard InChI is InChI=1S/C17H26N4O2.2ClH/c22-17(10-15-13-23-9-6-18-15)20-12-14-4-5-16(19-11-14)21-7-2-1-3-8-21;;/h4-5,11,15,18H,1-3,6-10,12-13H2,(H,20,22);2*1H. The van der Waals surface area contributed by atoms with E-state index in [1.807, 2.05) is 6.20 Å². The summed E-state index contributed by atoms with van der Waals surface area (Å²) in [6, 6.07) is 4.24. The maximum Gasteiger partial charge on any atom is 0.221 e. The van der Waals surface area contributed by atoms with Crippen molar-refractivity contribution in [3.63, 3.8) is 0 Å². The first-order valence-corrected chi connectivity index (χ1v) is 8.59. The van der Waals surface area contributed by atoms with E-state index in [1.54, 1.807) is 0 Å². The van der Waals surface area contributed by atoms with Crippen LogP contribution in [0.2, 0.25) is 0 Å². The van der Waals surface area contributed by atoms with Crippen LogP contribution >= 0.6 is 24.8 Å². The molecule has 0 aliphatic carbocycles. The third-order valence-corrected chi connectivity index (χ3v) is 4.41. The topological polar surface area (TPSA) is 66.5 Å². The monoisotopic (exact) mass is 390 g/mol. The fraction of sp³-hybridized carbons (Fsp3) is 0.647. The first-order valence-electron chi connectivity index (χ1n) is 8.59. The minimum absolute atomic E-state index is 0. The molecule has 2 N–H and O–H groups in total. The lowest BCUT2D eigenvalue weighted by atomic mass is 10.1. The van der Waals surface area contributed by atoms with Gasteiger partial charge in [0.15, 0.2) is 0 Å². The zero-order valence-corrected chi connectivity index (χ0v) is 16.0. The second-order valence-corrected chi connectivity index (χ2v) is 6.28. The van der Waals surface area contributed by atoms with Gasteiger partial charge < -0.3 is 20.3 Å². The summed E-state index contributed by atoms with van der Waals surface area (Å²) >= 11 is 0. The van der Waals surface area contributed by atoms with Gasteiger partial charge in [-0.2, -0.15) is 0 Å². The van der Waals surface area contributed by atoms with Crippen molar-refractivity contribution in [2.75, 3.05) is 37.7 Å². The fourth-order valence-corrected chi connectivity index (χ4v) is 3.08. The molecule has 0 saturated carbocycles. The Morgan fingerprint density at radius 2 is 2.08 bits per heavy atom. The molecular formula is C17H28Cl2N4O2. The summed E-state index contributed by atoms with van der Waals surface area (Å²) < 4.78 is 5.36. The van der Waals surface area contributed by atoms with E-state index in [-0.39, 0.29) is 36.8 Å². The van der Waals surface area contributed by atoms with Crippen LogP contribution < -0.4 is 15.5 Å². The third kappa shape index (κ3) is 6.98. The first kappa shape index (κ1) is 22.0. The quantitative estimate of drug-likeness (QED) is 0.803. The number of nitrogens with zero attached hydrogens (tertiary/aromatic N) is 2. The van der Waals surface area contributed by atoms with E-state index in [4.69, 9.17) is 4.74 Å². The lowest BCUT2D eigenvalue weighted by molar-refractivity contribution is -0.122. The molecule has 0 spiro atoms. The van der Waals surface area contributed by atoms with Crippen LogP contribution in [0.1, 0.15) is 31.2 Å². The second kappa shape index (κ2) is 11.5. The summed E-state index contributed by atoms with van der Waals surface area (Å²) in [7, 11) is 0. The number of halogens is 2. The van der Waals surface area contributed by atoms with E-state index in [0.29, 0.717) is 19.6 Å². The number of nitrogens with one attached hydrogen (secondary N) is 2. The molecule has 0 radical (unpaired) electrons. The summed E-state index contributed by atoms with van der Waals surface area (Å²) in [5.74, 6) is 1.09. The van der Waals surface area contributed by atoms with Crippen LogP contribution in [-0.2, 0) is 16.1 Å². The second-order valence-electron chi connectivity index (χ2n) is 6.28. The SMILES string of the molecule is Cl.Cl.O=C(CC1COCCN1)NCc1ccc(N2CCCCC2)nc1. The number of piperidine rings is 1. The van der Waals surface area contributed by atoms with Crippen molar-refractivity contribution in [1.82, 2.24) is 15.6 Å². The number of hydrogen-bond donors (Lipinski definition) is 2. The summed E-state index contributed by atoms with van der Waals surface area (Å²) in [4.78, 5) is 18.8. The minimum atomic E-state index is 0. The van der Waals surface area contributed by atoms with E-state index in [1.165, 1.54) is 19.3 Å². The van der Waals surface area contributed by atoms with E-state index < -0.39 is 0 Å². The molecule has 1 atom stereocenters. The number of amides is 1. The van der Waals surface area contributed by atoms with Gasteiger partial charge in [0.2, 0.25) is 5.91 Å². The van der Waals surface area contributed by atoms with Crippen molar-refractivity contribution in [3.05, 3.63) is 23.9 Å². The highest BCUT2D eigenvalue weighted by molar-refractivity contribution is 5.85. The van der Waals surface area contributed by atoms with Crippen molar-refractivity contribution in [3.8, 4) is 0 Å².